The molecule has 0 spiro atoms. The van der Waals surface area contributed by atoms with Gasteiger partial charge in [-0.2, -0.15) is 0 Å². The molecule has 1 saturated heterocycles. The molecular weight excluding hydrogens is 348 g/mol. The highest BCUT2D eigenvalue weighted by Crippen LogP contribution is 2.25. The summed E-state index contributed by atoms with van der Waals surface area (Å²) in [5.41, 5.74) is 1.97. The highest BCUT2D eigenvalue weighted by Gasteiger charge is 2.20. The van der Waals surface area contributed by atoms with Gasteiger partial charge in [0.25, 0.3) is 0 Å². The van der Waals surface area contributed by atoms with E-state index in [1.165, 1.54) is 0 Å². The van der Waals surface area contributed by atoms with Crippen LogP contribution in [0.4, 0.5) is 0 Å². The van der Waals surface area contributed by atoms with E-state index in [9.17, 15) is 8.42 Å². The monoisotopic (exact) mass is 370 g/mol. The number of hydrogen-bond acceptors (Lipinski definition) is 4. The number of sulfone groups is 1. The summed E-state index contributed by atoms with van der Waals surface area (Å²) in [5.74, 6) is 0. The predicted octanol–water partition coefficient (Wildman–Crippen LogP) is 3.27. The van der Waals surface area contributed by atoms with Crippen LogP contribution in [-0.4, -0.2) is 32.7 Å². The molecule has 2 heterocycles. The number of H-pyrrole nitrogens is 1. The van der Waals surface area contributed by atoms with Crippen LogP contribution in [0.3, 0.4) is 0 Å². The third-order valence-corrected chi connectivity index (χ3v) is 6.51. The molecule has 2 N–H and O–H groups in total. The summed E-state index contributed by atoms with van der Waals surface area (Å²) < 4.78 is 30.9. The van der Waals surface area contributed by atoms with Crippen LogP contribution in [0.2, 0.25) is 0 Å². The molecule has 0 saturated carbocycles. The number of rotatable bonds is 5. The zero-order valence-electron chi connectivity index (χ0n) is 14.4. The standard InChI is InChI=1S/C20H22N2O3S/c23-26(24,18-4-2-1-3-5-18)20-13-16-12-15(6-7-19(16)22-20)14-21-17-8-10-25-11-9-17/h1-7,12-13,17,21-22H,8-11,14H2. The molecule has 6 heteroatoms. The first-order chi connectivity index (χ1) is 12.6. The highest BCUT2D eigenvalue weighted by atomic mass is 32.2. The van der Waals surface area contributed by atoms with Crippen LogP contribution in [0.25, 0.3) is 10.9 Å². The van der Waals surface area contributed by atoms with Crippen molar-refractivity contribution in [3.63, 3.8) is 0 Å². The summed E-state index contributed by atoms with van der Waals surface area (Å²) in [6, 6.07) is 16.7. The Morgan fingerprint density at radius 2 is 1.81 bits per heavy atom. The van der Waals surface area contributed by atoms with Gasteiger partial charge in [-0.3, -0.25) is 0 Å². The van der Waals surface area contributed by atoms with Crippen molar-refractivity contribution in [3.05, 3.63) is 60.2 Å². The van der Waals surface area contributed by atoms with Crippen molar-refractivity contribution < 1.29 is 13.2 Å². The number of hydrogen-bond donors (Lipinski definition) is 2. The van der Waals surface area contributed by atoms with Gasteiger partial charge in [0, 0.05) is 36.7 Å². The minimum absolute atomic E-state index is 0.230. The first-order valence-corrected chi connectivity index (χ1v) is 10.3. The molecule has 0 unspecified atom stereocenters. The predicted molar refractivity (Wildman–Crippen MR) is 101 cm³/mol. The minimum atomic E-state index is -3.53. The van der Waals surface area contributed by atoms with Gasteiger partial charge >= 0.3 is 0 Å². The van der Waals surface area contributed by atoms with E-state index in [0.717, 1.165) is 49.1 Å². The molecule has 136 valence electrons. The number of aromatic amines is 1. The lowest BCUT2D eigenvalue weighted by atomic mass is 10.1. The normalized spacial score (nSPS) is 16.2. The Morgan fingerprint density at radius 1 is 1.04 bits per heavy atom. The van der Waals surface area contributed by atoms with E-state index in [2.05, 4.69) is 10.3 Å². The number of nitrogens with one attached hydrogen (secondary N) is 2. The van der Waals surface area contributed by atoms with E-state index in [-0.39, 0.29) is 5.03 Å². The fraction of sp³-hybridized carbons (Fsp3) is 0.300. The summed E-state index contributed by atoms with van der Waals surface area (Å²) in [4.78, 5) is 3.34. The van der Waals surface area contributed by atoms with Crippen molar-refractivity contribution in [2.75, 3.05) is 13.2 Å². The number of ether oxygens (including phenoxy) is 1. The maximum absolute atomic E-state index is 12.8. The van der Waals surface area contributed by atoms with Crippen LogP contribution in [0.5, 0.6) is 0 Å². The molecule has 0 amide bonds. The Labute approximate surface area is 153 Å². The lowest BCUT2D eigenvalue weighted by Gasteiger charge is -2.23. The molecule has 0 bridgehead atoms. The van der Waals surface area contributed by atoms with Crippen LogP contribution < -0.4 is 5.32 Å². The smallest absolute Gasteiger partial charge is 0.221 e. The summed E-state index contributed by atoms with van der Waals surface area (Å²) in [5, 5.41) is 4.69. The molecule has 0 atom stereocenters. The maximum Gasteiger partial charge on any atom is 0.221 e. The second-order valence-electron chi connectivity index (χ2n) is 6.64. The van der Waals surface area contributed by atoms with Gasteiger partial charge in [-0.15, -0.1) is 0 Å². The second kappa shape index (κ2) is 7.23. The lowest BCUT2D eigenvalue weighted by molar-refractivity contribution is 0.0776. The summed E-state index contributed by atoms with van der Waals surface area (Å²) >= 11 is 0. The summed E-state index contributed by atoms with van der Waals surface area (Å²) in [7, 11) is -3.53. The molecule has 2 aromatic carbocycles. The quantitative estimate of drug-likeness (QED) is 0.723. The summed E-state index contributed by atoms with van der Waals surface area (Å²) in [6.07, 6.45) is 2.07. The molecule has 1 fully saturated rings. The average Bonchev–Trinajstić information content (AvgIpc) is 3.12. The zero-order valence-corrected chi connectivity index (χ0v) is 15.3. The fourth-order valence-electron chi connectivity index (χ4n) is 3.30. The van der Waals surface area contributed by atoms with E-state index in [4.69, 9.17) is 4.74 Å². The number of aromatic nitrogens is 1. The molecule has 3 aromatic rings. The Kier molecular flexibility index (Phi) is 4.80. The molecule has 1 aromatic heterocycles. The van der Waals surface area contributed by atoms with E-state index in [0.29, 0.717) is 10.9 Å². The van der Waals surface area contributed by atoms with Crippen LogP contribution in [-0.2, 0) is 21.1 Å². The number of fused-ring (bicyclic) bond motifs is 1. The van der Waals surface area contributed by atoms with Crippen LogP contribution in [0.15, 0.2) is 64.5 Å². The Hall–Kier alpha value is -2.15. The molecule has 0 radical (unpaired) electrons. The second-order valence-corrected chi connectivity index (χ2v) is 8.56. The highest BCUT2D eigenvalue weighted by molar-refractivity contribution is 7.91. The number of benzene rings is 2. The third kappa shape index (κ3) is 3.53. The van der Waals surface area contributed by atoms with Crippen molar-refractivity contribution >= 4 is 20.7 Å². The van der Waals surface area contributed by atoms with Crippen molar-refractivity contribution in [2.24, 2.45) is 0 Å². The molecule has 0 aliphatic carbocycles. The van der Waals surface area contributed by atoms with Gasteiger partial charge in [0.15, 0.2) is 0 Å². The van der Waals surface area contributed by atoms with Crippen molar-refractivity contribution in [3.8, 4) is 0 Å². The van der Waals surface area contributed by atoms with Gasteiger partial charge < -0.3 is 15.0 Å². The van der Waals surface area contributed by atoms with Gasteiger partial charge in [0.05, 0.1) is 4.90 Å². The Balaban J connectivity index is 1.56. The van der Waals surface area contributed by atoms with Gasteiger partial charge in [0.2, 0.25) is 9.84 Å². The molecule has 1 aliphatic heterocycles. The molecular formula is C20H22N2O3S. The van der Waals surface area contributed by atoms with Gasteiger partial charge in [-0.25, -0.2) is 8.42 Å². The topological polar surface area (TPSA) is 71.2 Å². The van der Waals surface area contributed by atoms with Gasteiger partial charge in [-0.1, -0.05) is 24.3 Å². The van der Waals surface area contributed by atoms with Crippen molar-refractivity contribution in [2.45, 2.75) is 35.3 Å². The van der Waals surface area contributed by atoms with E-state index in [1.54, 1.807) is 30.3 Å². The molecule has 5 nitrogen and oxygen atoms in total. The average molecular weight is 370 g/mol. The SMILES string of the molecule is O=S(=O)(c1ccccc1)c1cc2cc(CNC3CCOCC3)ccc2[nH]1. The van der Waals surface area contributed by atoms with Gasteiger partial charge in [-0.05, 0) is 48.7 Å². The van der Waals surface area contributed by atoms with Gasteiger partial charge in [0.1, 0.15) is 5.03 Å². The van der Waals surface area contributed by atoms with Crippen LogP contribution >= 0.6 is 0 Å². The maximum atomic E-state index is 12.8. The first-order valence-electron chi connectivity index (χ1n) is 8.86. The van der Waals surface area contributed by atoms with Crippen molar-refractivity contribution in [1.82, 2.24) is 10.3 Å². The lowest BCUT2D eigenvalue weighted by Crippen LogP contribution is -2.34. The van der Waals surface area contributed by atoms with Crippen molar-refractivity contribution in [1.29, 1.82) is 0 Å². The summed E-state index contributed by atoms with van der Waals surface area (Å²) in [6.45, 7) is 2.40. The molecule has 26 heavy (non-hydrogen) atoms. The molecule has 4 rings (SSSR count). The largest absolute Gasteiger partial charge is 0.381 e. The fourth-order valence-corrected chi connectivity index (χ4v) is 4.60. The molecule has 1 aliphatic rings. The van der Waals surface area contributed by atoms with Crippen LogP contribution in [0.1, 0.15) is 18.4 Å². The zero-order chi connectivity index (χ0) is 18.0. The van der Waals surface area contributed by atoms with E-state index in [1.807, 2.05) is 24.3 Å². The Bertz CT molecular complexity index is 990. The van der Waals surface area contributed by atoms with Crippen LogP contribution in [0, 0.1) is 0 Å². The Morgan fingerprint density at radius 3 is 2.58 bits per heavy atom. The van der Waals surface area contributed by atoms with E-state index < -0.39 is 9.84 Å². The third-order valence-electron chi connectivity index (χ3n) is 4.82. The van der Waals surface area contributed by atoms with E-state index >= 15 is 0 Å². The first kappa shape index (κ1) is 17.3. The minimum Gasteiger partial charge on any atom is -0.381 e.